The molecule has 0 aliphatic heterocycles. The largest absolute Gasteiger partial charge is 0.489 e. The standard InChI is InChI=1S/C15H20N2O5/c1-6-9-21-11-7-8-12(17(19)20)13(10-11)16(5)14(18)22-15(2,3)4/h6-8,10H,1,9H2,2-5H3. The Morgan fingerprint density at radius 1 is 1.45 bits per heavy atom. The zero-order valence-electron chi connectivity index (χ0n) is 13.2. The van der Waals surface area contributed by atoms with Crippen LogP contribution in [0.5, 0.6) is 5.75 Å². The summed E-state index contributed by atoms with van der Waals surface area (Å²) in [6.45, 7) is 8.94. The number of carbonyl (C=O) groups is 1. The van der Waals surface area contributed by atoms with Crippen molar-refractivity contribution < 1.29 is 19.2 Å². The van der Waals surface area contributed by atoms with E-state index in [1.165, 1.54) is 25.2 Å². The zero-order chi connectivity index (χ0) is 16.9. The van der Waals surface area contributed by atoms with Crippen LogP contribution in [0.4, 0.5) is 16.2 Å². The van der Waals surface area contributed by atoms with Crippen molar-refractivity contribution in [1.29, 1.82) is 0 Å². The smallest absolute Gasteiger partial charge is 0.414 e. The third kappa shape index (κ3) is 4.76. The monoisotopic (exact) mass is 308 g/mol. The predicted molar refractivity (Wildman–Crippen MR) is 83.4 cm³/mol. The highest BCUT2D eigenvalue weighted by molar-refractivity contribution is 5.90. The number of nitro groups is 1. The summed E-state index contributed by atoms with van der Waals surface area (Å²) in [6.07, 6.45) is 0.870. The number of rotatable bonds is 5. The van der Waals surface area contributed by atoms with Gasteiger partial charge in [-0.15, -0.1) is 0 Å². The van der Waals surface area contributed by atoms with E-state index in [4.69, 9.17) is 9.47 Å². The van der Waals surface area contributed by atoms with Crippen LogP contribution < -0.4 is 9.64 Å². The first-order valence-electron chi connectivity index (χ1n) is 6.64. The number of carbonyl (C=O) groups excluding carboxylic acids is 1. The third-order valence-electron chi connectivity index (χ3n) is 2.54. The Labute approximate surface area is 129 Å². The minimum Gasteiger partial charge on any atom is -0.489 e. The summed E-state index contributed by atoms with van der Waals surface area (Å²) in [5.41, 5.74) is -0.808. The van der Waals surface area contributed by atoms with E-state index in [1.807, 2.05) is 0 Å². The van der Waals surface area contributed by atoms with Crippen molar-refractivity contribution in [3.05, 3.63) is 41.0 Å². The number of anilines is 1. The lowest BCUT2D eigenvalue weighted by atomic mass is 10.2. The van der Waals surface area contributed by atoms with Crippen LogP contribution in [-0.2, 0) is 4.74 Å². The molecule has 0 atom stereocenters. The van der Waals surface area contributed by atoms with Crippen molar-refractivity contribution in [2.75, 3.05) is 18.6 Å². The normalized spacial score (nSPS) is 10.7. The van der Waals surface area contributed by atoms with E-state index in [0.717, 1.165) is 4.90 Å². The van der Waals surface area contributed by atoms with Gasteiger partial charge in [-0.3, -0.25) is 15.0 Å². The van der Waals surface area contributed by atoms with E-state index >= 15 is 0 Å². The topological polar surface area (TPSA) is 81.9 Å². The van der Waals surface area contributed by atoms with Crippen molar-refractivity contribution >= 4 is 17.5 Å². The molecule has 1 aromatic carbocycles. The van der Waals surface area contributed by atoms with Gasteiger partial charge in [-0.25, -0.2) is 4.79 Å². The van der Waals surface area contributed by atoms with Gasteiger partial charge in [-0.1, -0.05) is 12.7 Å². The summed E-state index contributed by atoms with van der Waals surface area (Å²) in [4.78, 5) is 23.7. The Bertz CT molecular complexity index is 578. The Balaban J connectivity index is 3.14. The molecule has 0 N–H and O–H groups in total. The van der Waals surface area contributed by atoms with Gasteiger partial charge in [0.2, 0.25) is 0 Å². The Morgan fingerprint density at radius 3 is 2.59 bits per heavy atom. The highest BCUT2D eigenvalue weighted by Gasteiger charge is 2.26. The van der Waals surface area contributed by atoms with Crippen LogP contribution in [0.15, 0.2) is 30.9 Å². The van der Waals surface area contributed by atoms with Crippen molar-refractivity contribution in [3.63, 3.8) is 0 Å². The molecule has 0 spiro atoms. The number of amides is 1. The lowest BCUT2D eigenvalue weighted by Gasteiger charge is -2.24. The molecule has 1 amide bonds. The summed E-state index contributed by atoms with van der Waals surface area (Å²) >= 11 is 0. The van der Waals surface area contributed by atoms with Crippen molar-refractivity contribution in [1.82, 2.24) is 0 Å². The van der Waals surface area contributed by atoms with E-state index < -0.39 is 16.6 Å². The van der Waals surface area contributed by atoms with E-state index in [2.05, 4.69) is 6.58 Å². The molecule has 0 bridgehead atoms. The molecular formula is C15H20N2O5. The zero-order valence-corrected chi connectivity index (χ0v) is 13.2. The molecule has 0 aromatic heterocycles. The molecule has 0 fully saturated rings. The number of hydrogen-bond acceptors (Lipinski definition) is 5. The predicted octanol–water partition coefficient (Wildman–Crippen LogP) is 3.53. The van der Waals surface area contributed by atoms with Crippen LogP contribution in [0.25, 0.3) is 0 Å². The average molecular weight is 308 g/mol. The molecule has 1 rings (SSSR count). The average Bonchev–Trinajstić information content (AvgIpc) is 2.41. The summed E-state index contributed by atoms with van der Waals surface area (Å²) in [6, 6.07) is 4.17. The minimum absolute atomic E-state index is 0.0980. The molecule has 120 valence electrons. The van der Waals surface area contributed by atoms with Crippen LogP contribution in [0.1, 0.15) is 20.8 Å². The molecule has 7 nitrogen and oxygen atoms in total. The van der Waals surface area contributed by atoms with Gasteiger partial charge >= 0.3 is 6.09 Å². The number of nitrogens with zero attached hydrogens (tertiary/aromatic N) is 2. The molecule has 0 saturated heterocycles. The van der Waals surface area contributed by atoms with Crippen molar-refractivity contribution in [2.24, 2.45) is 0 Å². The number of nitro benzene ring substituents is 1. The van der Waals surface area contributed by atoms with Crippen LogP contribution >= 0.6 is 0 Å². The Hall–Kier alpha value is -2.57. The van der Waals surface area contributed by atoms with Gasteiger partial charge in [0, 0.05) is 19.2 Å². The van der Waals surface area contributed by atoms with Gasteiger partial charge in [0.15, 0.2) is 0 Å². The summed E-state index contributed by atoms with van der Waals surface area (Å²) in [5.74, 6) is 0.399. The van der Waals surface area contributed by atoms with Gasteiger partial charge in [0.05, 0.1) is 4.92 Å². The first-order chi connectivity index (χ1) is 10.2. The maximum Gasteiger partial charge on any atom is 0.414 e. The molecule has 0 unspecified atom stereocenters. The first kappa shape index (κ1) is 17.5. The molecule has 0 radical (unpaired) electrons. The number of hydrogen-bond donors (Lipinski definition) is 0. The molecule has 7 heteroatoms. The molecule has 0 aliphatic rings. The van der Waals surface area contributed by atoms with Crippen molar-refractivity contribution in [2.45, 2.75) is 26.4 Å². The second-order valence-corrected chi connectivity index (χ2v) is 5.55. The van der Waals surface area contributed by atoms with E-state index in [-0.39, 0.29) is 18.0 Å². The van der Waals surface area contributed by atoms with Gasteiger partial charge in [-0.2, -0.15) is 0 Å². The SMILES string of the molecule is C=CCOc1ccc([N+](=O)[O-])c(N(C)C(=O)OC(C)(C)C)c1. The van der Waals surface area contributed by atoms with Crippen molar-refractivity contribution in [3.8, 4) is 5.75 Å². The summed E-state index contributed by atoms with van der Waals surface area (Å²) < 4.78 is 10.6. The number of benzene rings is 1. The Kier molecular flexibility index (Phi) is 5.50. The quantitative estimate of drug-likeness (QED) is 0.472. The highest BCUT2D eigenvalue weighted by Crippen LogP contribution is 2.32. The van der Waals surface area contributed by atoms with Crippen LogP contribution in [0.2, 0.25) is 0 Å². The maximum atomic E-state index is 12.1. The second-order valence-electron chi connectivity index (χ2n) is 5.55. The number of ether oxygens (including phenoxy) is 2. The van der Waals surface area contributed by atoms with Crippen LogP contribution in [-0.4, -0.2) is 30.3 Å². The third-order valence-corrected chi connectivity index (χ3v) is 2.54. The summed E-state index contributed by atoms with van der Waals surface area (Å²) in [7, 11) is 1.41. The Morgan fingerprint density at radius 2 is 2.09 bits per heavy atom. The summed E-state index contributed by atoms with van der Waals surface area (Å²) in [5, 5.41) is 11.1. The second kappa shape index (κ2) is 6.93. The molecule has 0 heterocycles. The lowest BCUT2D eigenvalue weighted by Crippen LogP contribution is -2.34. The van der Waals surface area contributed by atoms with Gasteiger partial charge in [0.25, 0.3) is 5.69 Å². The molecule has 22 heavy (non-hydrogen) atoms. The molecule has 1 aromatic rings. The van der Waals surface area contributed by atoms with Crippen LogP contribution in [0, 0.1) is 10.1 Å². The minimum atomic E-state index is -0.697. The molecule has 0 saturated carbocycles. The highest BCUT2D eigenvalue weighted by atomic mass is 16.6. The molecular weight excluding hydrogens is 288 g/mol. The van der Waals surface area contributed by atoms with E-state index in [0.29, 0.717) is 5.75 Å². The van der Waals surface area contributed by atoms with E-state index in [9.17, 15) is 14.9 Å². The fourth-order valence-corrected chi connectivity index (χ4v) is 1.60. The maximum absolute atomic E-state index is 12.1. The lowest BCUT2D eigenvalue weighted by molar-refractivity contribution is -0.384. The van der Waals surface area contributed by atoms with Gasteiger partial charge in [-0.05, 0) is 26.8 Å². The van der Waals surface area contributed by atoms with Gasteiger partial charge < -0.3 is 9.47 Å². The van der Waals surface area contributed by atoms with Gasteiger partial charge in [0.1, 0.15) is 23.6 Å². The van der Waals surface area contributed by atoms with E-state index in [1.54, 1.807) is 26.8 Å². The first-order valence-corrected chi connectivity index (χ1v) is 6.64. The fraction of sp³-hybridized carbons (Fsp3) is 0.400. The fourth-order valence-electron chi connectivity index (χ4n) is 1.60. The molecule has 0 aliphatic carbocycles. The van der Waals surface area contributed by atoms with Crippen LogP contribution in [0.3, 0.4) is 0 Å².